The van der Waals surface area contributed by atoms with Gasteiger partial charge in [-0.15, -0.1) is 0 Å². The molecule has 0 unspecified atom stereocenters. The lowest BCUT2D eigenvalue weighted by molar-refractivity contribution is -0.140. The molecule has 6 heteroatoms. The van der Waals surface area contributed by atoms with Gasteiger partial charge in [-0.05, 0) is 49.6 Å². The average Bonchev–Trinajstić information content (AvgIpc) is 2.77. The molecule has 6 nitrogen and oxygen atoms in total. The van der Waals surface area contributed by atoms with Crippen LogP contribution >= 0.6 is 0 Å². The van der Waals surface area contributed by atoms with Gasteiger partial charge in [-0.1, -0.05) is 30.3 Å². The third-order valence-corrected chi connectivity index (χ3v) is 5.55. The average molecular weight is 419 g/mol. The summed E-state index contributed by atoms with van der Waals surface area (Å²) in [7, 11) is 0. The first-order valence-electron chi connectivity index (χ1n) is 10.4. The summed E-state index contributed by atoms with van der Waals surface area (Å²) in [6.45, 7) is 2.15. The van der Waals surface area contributed by atoms with Crippen LogP contribution in [0.1, 0.15) is 37.7 Å². The van der Waals surface area contributed by atoms with Crippen molar-refractivity contribution < 1.29 is 24.2 Å². The van der Waals surface area contributed by atoms with E-state index in [9.17, 15) is 14.7 Å². The van der Waals surface area contributed by atoms with Gasteiger partial charge in [0.15, 0.2) is 5.78 Å². The van der Waals surface area contributed by atoms with Gasteiger partial charge in [-0.3, -0.25) is 4.79 Å². The number of Topliss-reactive ketones (excluding diaryl/α,β-unsaturated/α-hetero) is 1. The monoisotopic (exact) mass is 419 g/mol. The molecule has 2 aromatic rings. The fourth-order valence-electron chi connectivity index (χ4n) is 4.14. The zero-order chi connectivity index (χ0) is 21.8. The van der Waals surface area contributed by atoms with Crippen molar-refractivity contribution >= 4 is 11.8 Å². The number of hydrogen-bond acceptors (Lipinski definition) is 6. The molecule has 0 spiro atoms. The van der Waals surface area contributed by atoms with Gasteiger partial charge in [0.1, 0.15) is 24.7 Å². The summed E-state index contributed by atoms with van der Waals surface area (Å²) in [4.78, 5) is 25.9. The smallest absolute Gasteiger partial charge is 0.336 e. The van der Waals surface area contributed by atoms with Crippen LogP contribution in [0.25, 0.3) is 0 Å². The highest BCUT2D eigenvalue weighted by molar-refractivity contribution is 6.03. The first kappa shape index (κ1) is 20.7. The lowest BCUT2D eigenvalue weighted by atomic mass is 9.75. The van der Waals surface area contributed by atoms with Crippen LogP contribution in [0.3, 0.4) is 0 Å². The molecule has 0 aromatic heterocycles. The summed E-state index contributed by atoms with van der Waals surface area (Å²) < 4.78 is 11.1. The topological polar surface area (TPSA) is 84.9 Å². The Labute approximate surface area is 181 Å². The largest absolute Gasteiger partial charge is 0.508 e. The molecule has 0 saturated carbocycles. The second kappa shape index (κ2) is 9.08. The number of aromatic hydroxyl groups is 1. The third-order valence-electron chi connectivity index (χ3n) is 5.55. The van der Waals surface area contributed by atoms with E-state index in [1.54, 1.807) is 24.3 Å². The number of esters is 1. The summed E-state index contributed by atoms with van der Waals surface area (Å²) in [6.07, 6.45) is 2.01. The van der Waals surface area contributed by atoms with Gasteiger partial charge in [0.2, 0.25) is 0 Å². The number of carbonyl (C=O) groups excluding carboxylic acids is 2. The maximum absolute atomic E-state index is 13.1. The number of benzene rings is 2. The fourth-order valence-corrected chi connectivity index (χ4v) is 4.14. The Hall–Kier alpha value is -3.54. The van der Waals surface area contributed by atoms with Crippen LogP contribution in [0.5, 0.6) is 11.5 Å². The fraction of sp³-hybridized carbons (Fsp3) is 0.280. The highest BCUT2D eigenvalue weighted by Crippen LogP contribution is 2.42. The number of dihydropyridines is 1. The van der Waals surface area contributed by atoms with Crippen LogP contribution in [-0.4, -0.2) is 30.1 Å². The Balaban J connectivity index is 1.55. The molecule has 0 saturated heterocycles. The molecule has 2 aromatic carbocycles. The number of hydrogen-bond donors (Lipinski definition) is 2. The van der Waals surface area contributed by atoms with Gasteiger partial charge in [-0.25, -0.2) is 4.79 Å². The molecule has 1 atom stereocenters. The van der Waals surface area contributed by atoms with Crippen LogP contribution in [0, 0.1) is 0 Å². The molecule has 2 aliphatic rings. The second-order valence-corrected chi connectivity index (χ2v) is 7.65. The normalized spacial score (nSPS) is 18.4. The summed E-state index contributed by atoms with van der Waals surface area (Å²) in [6, 6.07) is 15.9. The predicted octanol–water partition coefficient (Wildman–Crippen LogP) is 3.98. The predicted molar refractivity (Wildman–Crippen MR) is 115 cm³/mol. The molecule has 0 bridgehead atoms. The lowest BCUT2D eigenvalue weighted by Crippen LogP contribution is -2.34. The molecule has 0 radical (unpaired) electrons. The Kier molecular flexibility index (Phi) is 6.07. The van der Waals surface area contributed by atoms with Gasteiger partial charge in [-0.2, -0.15) is 0 Å². The summed E-state index contributed by atoms with van der Waals surface area (Å²) in [5, 5.41) is 13.0. The van der Waals surface area contributed by atoms with Gasteiger partial charge in [0.25, 0.3) is 0 Å². The SMILES string of the molecule is CC1=C(C(=O)OCCOc2ccccc2)[C@H](c2ccc(O)cc2)C2=C(CCCC2=O)N1. The second-order valence-electron chi connectivity index (χ2n) is 7.65. The van der Waals surface area contributed by atoms with Crippen molar-refractivity contribution in [2.24, 2.45) is 0 Å². The van der Waals surface area contributed by atoms with Crippen molar-refractivity contribution in [2.75, 3.05) is 13.2 Å². The lowest BCUT2D eigenvalue weighted by Gasteiger charge is -2.34. The Morgan fingerprint density at radius 2 is 1.81 bits per heavy atom. The molecule has 0 fully saturated rings. The van der Waals surface area contributed by atoms with Crippen LogP contribution in [0.4, 0.5) is 0 Å². The van der Waals surface area contributed by atoms with Crippen molar-refractivity contribution in [3.8, 4) is 11.5 Å². The van der Waals surface area contributed by atoms with Gasteiger partial charge >= 0.3 is 5.97 Å². The van der Waals surface area contributed by atoms with Crippen molar-refractivity contribution in [2.45, 2.75) is 32.1 Å². The Morgan fingerprint density at radius 1 is 1.06 bits per heavy atom. The van der Waals surface area contributed by atoms with E-state index < -0.39 is 11.9 Å². The van der Waals surface area contributed by atoms with Gasteiger partial charge in [0, 0.05) is 29.3 Å². The van der Waals surface area contributed by atoms with Crippen molar-refractivity contribution in [1.82, 2.24) is 5.32 Å². The molecule has 4 rings (SSSR count). The summed E-state index contributed by atoms with van der Waals surface area (Å²) >= 11 is 0. The van der Waals surface area contributed by atoms with Crippen molar-refractivity contribution in [3.05, 3.63) is 82.7 Å². The van der Waals surface area contributed by atoms with E-state index in [2.05, 4.69) is 5.32 Å². The standard InChI is InChI=1S/C25H25NO5/c1-16-22(25(29)31-15-14-30-19-6-3-2-4-7-19)23(17-10-12-18(27)13-11-17)24-20(26-16)8-5-9-21(24)28/h2-4,6-7,10-13,23,26-27H,5,8-9,14-15H2,1H3/t23-/m0/s1. The molecule has 31 heavy (non-hydrogen) atoms. The molecule has 1 aliphatic carbocycles. The molecule has 1 heterocycles. The molecule has 2 N–H and O–H groups in total. The highest BCUT2D eigenvalue weighted by Gasteiger charge is 2.39. The highest BCUT2D eigenvalue weighted by atomic mass is 16.6. The number of para-hydroxylation sites is 1. The van der Waals surface area contributed by atoms with Crippen molar-refractivity contribution in [1.29, 1.82) is 0 Å². The number of nitrogens with one attached hydrogen (secondary N) is 1. The zero-order valence-corrected chi connectivity index (χ0v) is 17.4. The summed E-state index contributed by atoms with van der Waals surface area (Å²) in [5.41, 5.74) is 3.36. The number of phenolic OH excluding ortho intramolecular Hbond substituents is 1. The van der Waals surface area contributed by atoms with E-state index in [-0.39, 0.29) is 24.7 Å². The van der Waals surface area contributed by atoms with Crippen LogP contribution in [0.2, 0.25) is 0 Å². The minimum absolute atomic E-state index is 0.0389. The number of ether oxygens (including phenoxy) is 2. The Morgan fingerprint density at radius 3 is 2.55 bits per heavy atom. The van der Waals surface area contributed by atoms with Crippen molar-refractivity contribution in [3.63, 3.8) is 0 Å². The van der Waals surface area contributed by atoms with E-state index >= 15 is 0 Å². The van der Waals surface area contributed by atoms with E-state index in [0.29, 0.717) is 29.0 Å². The van der Waals surface area contributed by atoms with E-state index in [1.807, 2.05) is 37.3 Å². The first-order valence-corrected chi connectivity index (χ1v) is 10.4. The number of ketones is 1. The number of allylic oxidation sites excluding steroid dienone is 3. The molecule has 1 aliphatic heterocycles. The number of phenols is 1. The third kappa shape index (κ3) is 4.48. The first-order chi connectivity index (χ1) is 15.0. The summed E-state index contributed by atoms with van der Waals surface area (Å²) in [5.74, 6) is -0.128. The number of carbonyl (C=O) groups is 2. The van der Waals surface area contributed by atoms with Gasteiger partial charge in [0.05, 0.1) is 5.57 Å². The van der Waals surface area contributed by atoms with E-state index in [4.69, 9.17) is 9.47 Å². The zero-order valence-electron chi connectivity index (χ0n) is 17.4. The quantitative estimate of drug-likeness (QED) is 0.544. The van der Waals surface area contributed by atoms with Crippen LogP contribution in [-0.2, 0) is 14.3 Å². The Bertz CT molecular complexity index is 1040. The maximum Gasteiger partial charge on any atom is 0.336 e. The van der Waals surface area contributed by atoms with Gasteiger partial charge < -0.3 is 19.9 Å². The minimum Gasteiger partial charge on any atom is -0.508 e. The molecular weight excluding hydrogens is 394 g/mol. The molecule has 0 amide bonds. The minimum atomic E-state index is -0.521. The van der Waals surface area contributed by atoms with E-state index in [0.717, 1.165) is 24.1 Å². The van der Waals surface area contributed by atoms with Crippen LogP contribution in [0.15, 0.2) is 77.1 Å². The van der Waals surface area contributed by atoms with E-state index in [1.165, 1.54) is 0 Å². The maximum atomic E-state index is 13.1. The molecule has 160 valence electrons. The van der Waals surface area contributed by atoms with Crippen LogP contribution < -0.4 is 10.1 Å². The number of rotatable bonds is 6. The molecular formula is C25H25NO5.